The predicted octanol–water partition coefficient (Wildman–Crippen LogP) is 5.58. The van der Waals surface area contributed by atoms with Gasteiger partial charge in [0.05, 0.1) is 21.7 Å². The van der Waals surface area contributed by atoms with Crippen LogP contribution in [0, 0.1) is 6.92 Å². The molecule has 7 heteroatoms. The molecular formula is C24H21N3O2S2. The fraction of sp³-hybridized carbons (Fsp3) is 0.125. The van der Waals surface area contributed by atoms with E-state index < -0.39 is 0 Å². The molecule has 0 spiro atoms. The molecular weight excluding hydrogens is 426 g/mol. The van der Waals surface area contributed by atoms with Crippen molar-refractivity contribution in [3.63, 3.8) is 0 Å². The number of nitrogens with zero attached hydrogens (tertiary/aromatic N) is 1. The molecule has 0 saturated carbocycles. The maximum atomic E-state index is 12.2. The minimum atomic E-state index is -0.138. The third-order valence-electron chi connectivity index (χ3n) is 4.48. The molecule has 4 aromatic rings. The predicted molar refractivity (Wildman–Crippen MR) is 131 cm³/mol. The fourth-order valence-corrected chi connectivity index (χ4v) is 4.63. The van der Waals surface area contributed by atoms with Crippen LogP contribution in [0.3, 0.4) is 0 Å². The van der Waals surface area contributed by atoms with Gasteiger partial charge in [0.25, 0.3) is 0 Å². The van der Waals surface area contributed by atoms with E-state index >= 15 is 0 Å². The number of aromatic nitrogens is 1. The molecule has 0 radical (unpaired) electrons. The van der Waals surface area contributed by atoms with Gasteiger partial charge in [0.1, 0.15) is 5.01 Å². The van der Waals surface area contributed by atoms with Crippen molar-refractivity contribution in [2.24, 2.45) is 0 Å². The second kappa shape index (κ2) is 9.76. The molecule has 156 valence electrons. The number of benzene rings is 3. The van der Waals surface area contributed by atoms with E-state index in [1.807, 2.05) is 73.7 Å². The first-order valence-corrected chi connectivity index (χ1v) is 11.7. The molecule has 5 nitrogen and oxygen atoms in total. The van der Waals surface area contributed by atoms with E-state index in [0.717, 1.165) is 37.7 Å². The summed E-state index contributed by atoms with van der Waals surface area (Å²) in [5.74, 6) is 0.170. The Labute approximate surface area is 188 Å². The summed E-state index contributed by atoms with van der Waals surface area (Å²) in [5.41, 5.74) is 4.58. The molecule has 0 fully saturated rings. The minimum Gasteiger partial charge on any atom is -0.325 e. The summed E-state index contributed by atoms with van der Waals surface area (Å²) in [4.78, 5) is 28.9. The summed E-state index contributed by atoms with van der Waals surface area (Å²) >= 11 is 2.93. The average Bonchev–Trinajstić information content (AvgIpc) is 3.18. The van der Waals surface area contributed by atoms with E-state index in [0.29, 0.717) is 0 Å². The largest absolute Gasteiger partial charge is 0.325 e. The normalized spacial score (nSPS) is 10.7. The topological polar surface area (TPSA) is 71.1 Å². The molecule has 0 atom stereocenters. The van der Waals surface area contributed by atoms with Gasteiger partial charge in [-0.1, -0.05) is 24.3 Å². The van der Waals surface area contributed by atoms with Gasteiger partial charge in [0, 0.05) is 16.9 Å². The van der Waals surface area contributed by atoms with Crippen LogP contribution in [0.5, 0.6) is 0 Å². The number of rotatable bonds is 7. The van der Waals surface area contributed by atoms with Gasteiger partial charge in [0.15, 0.2) is 0 Å². The van der Waals surface area contributed by atoms with Crippen LogP contribution in [0.15, 0.2) is 72.8 Å². The highest BCUT2D eigenvalue weighted by molar-refractivity contribution is 8.00. The lowest BCUT2D eigenvalue weighted by Gasteiger charge is -2.07. The maximum absolute atomic E-state index is 12.2. The van der Waals surface area contributed by atoms with E-state index in [1.54, 1.807) is 11.3 Å². The number of amides is 2. The molecule has 0 aliphatic heterocycles. The molecule has 0 saturated heterocycles. The van der Waals surface area contributed by atoms with Gasteiger partial charge in [-0.05, 0) is 61.0 Å². The number of aryl methyl sites for hydroxylation is 1. The monoisotopic (exact) mass is 447 g/mol. The first-order chi connectivity index (χ1) is 15.1. The number of hydrogen-bond acceptors (Lipinski definition) is 5. The molecule has 2 amide bonds. The Bertz CT molecular complexity index is 1190. The molecule has 0 bridgehead atoms. The Morgan fingerprint density at radius 2 is 1.58 bits per heavy atom. The van der Waals surface area contributed by atoms with Gasteiger partial charge < -0.3 is 10.6 Å². The van der Waals surface area contributed by atoms with Crippen molar-refractivity contribution in [1.82, 2.24) is 4.98 Å². The standard InChI is InChI=1S/C24H21N3O2S2/c1-16-5-4-6-19(13-16)26-23(29)15-30-14-22(28)25-18-11-9-17(10-12-18)24-27-20-7-2-3-8-21(20)31-24/h2-13H,14-15H2,1H3,(H,25,28)(H,26,29). The van der Waals surface area contributed by atoms with Crippen LogP contribution in [0.4, 0.5) is 11.4 Å². The van der Waals surface area contributed by atoms with Crippen LogP contribution in [-0.2, 0) is 9.59 Å². The summed E-state index contributed by atoms with van der Waals surface area (Å²) in [7, 11) is 0. The van der Waals surface area contributed by atoms with Gasteiger partial charge in [-0.25, -0.2) is 4.98 Å². The van der Waals surface area contributed by atoms with Gasteiger partial charge >= 0.3 is 0 Å². The summed E-state index contributed by atoms with van der Waals surface area (Å²) in [6.07, 6.45) is 0. The van der Waals surface area contributed by atoms with Crippen molar-refractivity contribution in [2.45, 2.75) is 6.92 Å². The van der Waals surface area contributed by atoms with Gasteiger partial charge in [-0.3, -0.25) is 9.59 Å². The minimum absolute atomic E-state index is 0.122. The van der Waals surface area contributed by atoms with Crippen LogP contribution in [0.2, 0.25) is 0 Å². The quantitative estimate of drug-likeness (QED) is 0.388. The first-order valence-electron chi connectivity index (χ1n) is 9.77. The molecule has 2 N–H and O–H groups in total. The average molecular weight is 448 g/mol. The lowest BCUT2D eigenvalue weighted by Crippen LogP contribution is -2.18. The molecule has 1 aromatic heterocycles. The Morgan fingerprint density at radius 3 is 2.29 bits per heavy atom. The third-order valence-corrected chi connectivity index (χ3v) is 6.50. The van der Waals surface area contributed by atoms with Gasteiger partial charge in [0.2, 0.25) is 11.8 Å². The van der Waals surface area contributed by atoms with Gasteiger partial charge in [-0.2, -0.15) is 0 Å². The van der Waals surface area contributed by atoms with Crippen LogP contribution in [0.1, 0.15) is 5.56 Å². The summed E-state index contributed by atoms with van der Waals surface area (Å²) in [6, 6.07) is 23.3. The lowest BCUT2D eigenvalue weighted by molar-refractivity contribution is -0.114. The SMILES string of the molecule is Cc1cccc(NC(=O)CSCC(=O)Nc2ccc(-c3nc4ccccc4s3)cc2)c1. The van der Waals surface area contributed by atoms with Gasteiger partial charge in [-0.15, -0.1) is 23.1 Å². The number of fused-ring (bicyclic) bond motifs is 1. The highest BCUT2D eigenvalue weighted by Crippen LogP contribution is 2.30. The molecule has 0 aliphatic carbocycles. The zero-order valence-corrected chi connectivity index (χ0v) is 18.6. The van der Waals surface area contributed by atoms with Crippen molar-refractivity contribution >= 4 is 56.5 Å². The number of para-hydroxylation sites is 1. The maximum Gasteiger partial charge on any atom is 0.234 e. The first kappa shape index (κ1) is 21.1. The van der Waals surface area contributed by atoms with Crippen molar-refractivity contribution in [1.29, 1.82) is 0 Å². The van der Waals surface area contributed by atoms with E-state index in [1.165, 1.54) is 11.8 Å². The number of carbonyl (C=O) groups excluding carboxylic acids is 2. The number of thiazole rings is 1. The fourth-order valence-electron chi connectivity index (χ4n) is 3.05. The number of hydrogen-bond donors (Lipinski definition) is 2. The molecule has 1 heterocycles. The van der Waals surface area contributed by atoms with Crippen LogP contribution < -0.4 is 10.6 Å². The smallest absolute Gasteiger partial charge is 0.234 e. The van der Waals surface area contributed by atoms with Crippen molar-refractivity contribution in [3.05, 3.63) is 78.4 Å². The Morgan fingerprint density at radius 1 is 0.871 bits per heavy atom. The Kier molecular flexibility index (Phi) is 6.64. The van der Waals surface area contributed by atoms with Crippen LogP contribution in [0.25, 0.3) is 20.8 Å². The van der Waals surface area contributed by atoms with E-state index in [2.05, 4.69) is 21.7 Å². The van der Waals surface area contributed by atoms with Crippen molar-refractivity contribution in [3.8, 4) is 10.6 Å². The highest BCUT2D eigenvalue weighted by Gasteiger charge is 2.09. The van der Waals surface area contributed by atoms with E-state index in [4.69, 9.17) is 0 Å². The van der Waals surface area contributed by atoms with Crippen LogP contribution in [-0.4, -0.2) is 28.3 Å². The second-order valence-electron chi connectivity index (χ2n) is 7.02. The molecule has 0 unspecified atom stereocenters. The van der Waals surface area contributed by atoms with E-state index in [-0.39, 0.29) is 23.3 Å². The summed E-state index contributed by atoms with van der Waals surface area (Å²) in [6.45, 7) is 1.97. The Balaban J connectivity index is 1.25. The lowest BCUT2D eigenvalue weighted by atomic mass is 10.2. The summed E-state index contributed by atoms with van der Waals surface area (Å²) < 4.78 is 1.15. The molecule has 31 heavy (non-hydrogen) atoms. The molecule has 4 rings (SSSR count). The third kappa shape index (κ3) is 5.71. The zero-order valence-electron chi connectivity index (χ0n) is 16.9. The number of thioether (sulfide) groups is 1. The van der Waals surface area contributed by atoms with E-state index in [9.17, 15) is 9.59 Å². The number of nitrogens with one attached hydrogen (secondary N) is 2. The van der Waals surface area contributed by atoms with Crippen molar-refractivity contribution in [2.75, 3.05) is 22.1 Å². The zero-order chi connectivity index (χ0) is 21.6. The number of anilines is 2. The summed E-state index contributed by atoms with van der Waals surface area (Å²) in [5, 5.41) is 6.66. The molecule has 0 aliphatic rings. The second-order valence-corrected chi connectivity index (χ2v) is 9.04. The highest BCUT2D eigenvalue weighted by atomic mass is 32.2. The molecule has 3 aromatic carbocycles. The Hall–Kier alpha value is -3.16. The van der Waals surface area contributed by atoms with Crippen LogP contribution >= 0.6 is 23.1 Å². The number of carbonyl (C=O) groups is 2. The van der Waals surface area contributed by atoms with Crippen molar-refractivity contribution < 1.29 is 9.59 Å².